The lowest BCUT2D eigenvalue weighted by Gasteiger charge is -2.42. The summed E-state index contributed by atoms with van der Waals surface area (Å²) in [6.07, 6.45) is 3.74. The zero-order chi connectivity index (χ0) is 28.5. The van der Waals surface area contributed by atoms with Crippen LogP contribution in [-0.2, 0) is 19.2 Å². The number of Topliss-reactive ketones (excluding diaryl/α,β-unsaturated/α-hetero) is 1. The number of hydrogen-bond donors (Lipinski definition) is 1. The Balaban J connectivity index is 1.50. The standard InChI is InChI=1S/C32H28ClNO6/c1-4-40-25-7-5-6-19(30(25)37)26-18-10-11-20-27(21(18)14-22-24(35)12-16(3)29(36)28(22)26)32(39)34(31(20)38)17-9-8-15(2)23(33)13-17/h5-10,12-13,20-21,26-27,37H,4,11,14H2,1-3H3. The van der Waals surface area contributed by atoms with Crippen LogP contribution in [0.4, 0.5) is 5.69 Å². The number of imide groups is 1. The fourth-order valence-corrected chi connectivity index (χ4v) is 6.91. The fourth-order valence-electron chi connectivity index (χ4n) is 6.74. The molecule has 1 fully saturated rings. The van der Waals surface area contributed by atoms with Crippen LogP contribution in [0, 0.1) is 24.7 Å². The number of aryl methyl sites for hydroxylation is 1. The number of para-hydroxylation sites is 1. The molecule has 4 aliphatic rings. The number of hydrogen-bond acceptors (Lipinski definition) is 6. The van der Waals surface area contributed by atoms with Crippen LogP contribution in [-0.4, -0.2) is 35.1 Å². The number of rotatable bonds is 4. The first kappa shape index (κ1) is 26.3. The van der Waals surface area contributed by atoms with E-state index in [0.29, 0.717) is 46.0 Å². The van der Waals surface area contributed by atoms with E-state index in [-0.39, 0.29) is 41.3 Å². The average Bonchev–Trinajstić information content (AvgIpc) is 3.19. The Morgan fingerprint density at radius 3 is 2.55 bits per heavy atom. The highest BCUT2D eigenvalue weighted by Crippen LogP contribution is 2.57. The molecule has 7 nitrogen and oxygen atoms in total. The molecule has 40 heavy (non-hydrogen) atoms. The van der Waals surface area contributed by atoms with Crippen molar-refractivity contribution >= 4 is 40.7 Å². The van der Waals surface area contributed by atoms with Crippen molar-refractivity contribution in [1.82, 2.24) is 0 Å². The zero-order valence-electron chi connectivity index (χ0n) is 22.4. The summed E-state index contributed by atoms with van der Waals surface area (Å²) < 4.78 is 5.63. The molecule has 0 saturated carbocycles. The van der Waals surface area contributed by atoms with Crippen LogP contribution in [0.1, 0.15) is 43.7 Å². The van der Waals surface area contributed by atoms with Gasteiger partial charge in [-0.15, -0.1) is 0 Å². The van der Waals surface area contributed by atoms with Crippen molar-refractivity contribution < 1.29 is 29.0 Å². The lowest BCUT2D eigenvalue weighted by Crippen LogP contribution is -2.39. The predicted octanol–water partition coefficient (Wildman–Crippen LogP) is 5.39. The summed E-state index contributed by atoms with van der Waals surface area (Å²) in [7, 11) is 0. The first-order valence-electron chi connectivity index (χ1n) is 13.4. The molecular weight excluding hydrogens is 530 g/mol. The van der Waals surface area contributed by atoms with Crippen LogP contribution in [0.25, 0.3) is 0 Å². The third kappa shape index (κ3) is 3.79. The Bertz CT molecular complexity index is 1610. The number of allylic oxidation sites excluding steroid dienone is 6. The van der Waals surface area contributed by atoms with E-state index in [1.165, 1.54) is 11.0 Å². The Hall–Kier alpha value is -3.97. The van der Waals surface area contributed by atoms with Gasteiger partial charge in [0.2, 0.25) is 11.8 Å². The Morgan fingerprint density at radius 2 is 1.82 bits per heavy atom. The van der Waals surface area contributed by atoms with Crippen LogP contribution in [0.15, 0.2) is 70.8 Å². The summed E-state index contributed by atoms with van der Waals surface area (Å²) in [5, 5.41) is 11.7. The van der Waals surface area contributed by atoms with Gasteiger partial charge in [-0.1, -0.05) is 41.4 Å². The van der Waals surface area contributed by atoms with Crippen molar-refractivity contribution in [3.05, 3.63) is 87.0 Å². The largest absolute Gasteiger partial charge is 0.504 e. The molecule has 204 valence electrons. The summed E-state index contributed by atoms with van der Waals surface area (Å²) in [5.74, 6) is -3.58. The Morgan fingerprint density at radius 1 is 1.05 bits per heavy atom. The number of anilines is 1. The second-order valence-electron chi connectivity index (χ2n) is 10.8. The lowest BCUT2D eigenvalue weighted by molar-refractivity contribution is -0.123. The maximum absolute atomic E-state index is 14.0. The van der Waals surface area contributed by atoms with E-state index in [1.54, 1.807) is 50.2 Å². The molecule has 6 rings (SSSR count). The lowest BCUT2D eigenvalue weighted by atomic mass is 9.59. The zero-order valence-corrected chi connectivity index (χ0v) is 23.1. The smallest absolute Gasteiger partial charge is 0.238 e. The summed E-state index contributed by atoms with van der Waals surface area (Å²) in [6, 6.07) is 10.2. The van der Waals surface area contributed by atoms with E-state index in [4.69, 9.17) is 16.3 Å². The number of fused-ring (bicyclic) bond motifs is 3. The van der Waals surface area contributed by atoms with E-state index in [9.17, 15) is 24.3 Å². The number of ether oxygens (including phenoxy) is 1. The van der Waals surface area contributed by atoms with Gasteiger partial charge >= 0.3 is 0 Å². The van der Waals surface area contributed by atoms with Gasteiger partial charge in [0.1, 0.15) is 0 Å². The van der Waals surface area contributed by atoms with Gasteiger partial charge in [-0.25, -0.2) is 4.90 Å². The highest BCUT2D eigenvalue weighted by Gasteiger charge is 2.57. The molecule has 1 aliphatic heterocycles. The first-order chi connectivity index (χ1) is 19.1. The Labute approximate surface area is 236 Å². The first-order valence-corrected chi connectivity index (χ1v) is 13.8. The molecule has 1 saturated heterocycles. The minimum absolute atomic E-state index is 0.109. The second-order valence-corrected chi connectivity index (χ2v) is 11.2. The number of benzene rings is 2. The van der Waals surface area contributed by atoms with Crippen LogP contribution in [0.3, 0.4) is 0 Å². The molecule has 2 aromatic carbocycles. The van der Waals surface area contributed by atoms with Gasteiger partial charge in [0.25, 0.3) is 0 Å². The third-order valence-electron chi connectivity index (χ3n) is 8.62. The van der Waals surface area contributed by atoms with Crippen LogP contribution in [0.5, 0.6) is 11.5 Å². The van der Waals surface area contributed by atoms with Crippen molar-refractivity contribution in [3.63, 3.8) is 0 Å². The van der Waals surface area contributed by atoms with Crippen molar-refractivity contribution in [2.24, 2.45) is 17.8 Å². The molecule has 4 atom stereocenters. The van der Waals surface area contributed by atoms with Crippen LogP contribution >= 0.6 is 11.6 Å². The molecule has 2 aromatic rings. The summed E-state index contributed by atoms with van der Waals surface area (Å²) in [5.41, 5.74) is 3.44. The van der Waals surface area contributed by atoms with Crippen molar-refractivity contribution in [2.75, 3.05) is 11.5 Å². The number of carbonyl (C=O) groups excluding carboxylic acids is 4. The molecule has 0 bridgehead atoms. The number of phenols is 1. The van der Waals surface area contributed by atoms with Crippen LogP contribution < -0.4 is 9.64 Å². The molecule has 0 radical (unpaired) electrons. The number of carbonyl (C=O) groups is 4. The van der Waals surface area contributed by atoms with Crippen molar-refractivity contribution in [3.8, 4) is 11.5 Å². The molecule has 1 heterocycles. The summed E-state index contributed by atoms with van der Waals surface area (Å²) in [6.45, 7) is 5.59. The third-order valence-corrected chi connectivity index (χ3v) is 9.03. The van der Waals surface area contributed by atoms with E-state index >= 15 is 0 Å². The molecular formula is C32H28ClNO6. The topological polar surface area (TPSA) is 101 Å². The minimum atomic E-state index is -0.749. The van der Waals surface area contributed by atoms with E-state index in [2.05, 4.69) is 0 Å². The molecule has 0 aromatic heterocycles. The monoisotopic (exact) mass is 557 g/mol. The molecule has 2 amide bonds. The second kappa shape index (κ2) is 9.59. The SMILES string of the molecule is CCOc1cccc(C2C3=CCC4C(=O)N(c5ccc(C)c(Cl)c5)C(=O)C4C3CC3=C2C(=O)C(C)=CC3=O)c1O. The molecule has 4 unspecified atom stereocenters. The highest BCUT2D eigenvalue weighted by molar-refractivity contribution is 6.32. The normalized spacial score (nSPS) is 25.9. The number of nitrogens with zero attached hydrogens (tertiary/aromatic N) is 1. The molecule has 3 aliphatic carbocycles. The Kier molecular flexibility index (Phi) is 6.30. The number of halogens is 1. The van der Waals surface area contributed by atoms with Gasteiger partial charge in [-0.2, -0.15) is 0 Å². The molecule has 8 heteroatoms. The van der Waals surface area contributed by atoms with Gasteiger partial charge in [-0.05, 0) is 69.4 Å². The maximum Gasteiger partial charge on any atom is 0.238 e. The van der Waals surface area contributed by atoms with Gasteiger partial charge in [0.15, 0.2) is 23.1 Å². The summed E-state index contributed by atoms with van der Waals surface area (Å²) >= 11 is 6.33. The van der Waals surface area contributed by atoms with Crippen LogP contribution in [0.2, 0.25) is 5.02 Å². The van der Waals surface area contributed by atoms with E-state index in [0.717, 1.165) is 11.1 Å². The minimum Gasteiger partial charge on any atom is -0.504 e. The number of phenolic OH excluding ortho intramolecular Hbond substituents is 1. The van der Waals surface area contributed by atoms with E-state index < -0.39 is 23.7 Å². The van der Waals surface area contributed by atoms with Gasteiger partial charge in [0, 0.05) is 33.2 Å². The van der Waals surface area contributed by atoms with Crippen molar-refractivity contribution in [1.29, 1.82) is 0 Å². The quantitative estimate of drug-likeness (QED) is 0.307. The average molecular weight is 558 g/mol. The molecule has 1 N–H and O–H groups in total. The number of amides is 2. The van der Waals surface area contributed by atoms with E-state index in [1.807, 2.05) is 13.0 Å². The summed E-state index contributed by atoms with van der Waals surface area (Å²) in [4.78, 5) is 55.7. The maximum atomic E-state index is 14.0. The number of ketones is 2. The number of aromatic hydroxyl groups is 1. The fraction of sp³-hybridized carbons (Fsp3) is 0.312. The highest BCUT2D eigenvalue weighted by atomic mass is 35.5. The van der Waals surface area contributed by atoms with Gasteiger partial charge in [-0.3, -0.25) is 19.2 Å². The van der Waals surface area contributed by atoms with Crippen molar-refractivity contribution in [2.45, 2.75) is 39.5 Å². The van der Waals surface area contributed by atoms with Gasteiger partial charge in [0.05, 0.1) is 24.1 Å². The van der Waals surface area contributed by atoms with Gasteiger partial charge < -0.3 is 9.84 Å². The molecule has 0 spiro atoms. The predicted molar refractivity (Wildman–Crippen MR) is 149 cm³/mol.